The molecule has 274 valence electrons. The summed E-state index contributed by atoms with van der Waals surface area (Å²) in [6, 6.07) is 0.469. The fourth-order valence-electron chi connectivity index (χ4n) is 6.02. The molecule has 0 aromatic heterocycles. The lowest BCUT2D eigenvalue weighted by Gasteiger charge is -2.32. The average Bonchev–Trinajstić information content (AvgIpc) is 3.03. The molecule has 0 saturated heterocycles. The number of hydrogen-bond acceptors (Lipinski definition) is 5. The van der Waals surface area contributed by atoms with E-state index in [2.05, 4.69) is 52.9 Å². The summed E-state index contributed by atoms with van der Waals surface area (Å²) in [5, 5.41) is 23.0. The van der Waals surface area contributed by atoms with E-state index in [1.54, 1.807) is 0 Å². The largest absolute Gasteiger partial charge is 0.465 e. The Kier molecular flexibility index (Phi) is 36.4. The van der Waals surface area contributed by atoms with Crippen LogP contribution in [0.15, 0.2) is 0 Å². The second-order valence-corrected chi connectivity index (χ2v) is 15.5. The number of thioether (sulfide) groups is 2. The van der Waals surface area contributed by atoms with Gasteiger partial charge in [-0.15, -0.1) is 0 Å². The molecule has 2 amide bonds. The number of rotatable bonds is 37. The number of unbranched alkanes of at least 4 members (excludes halogenated alkanes) is 16. The molecule has 0 heterocycles. The summed E-state index contributed by atoms with van der Waals surface area (Å²) in [6.07, 6.45) is 29.1. The van der Waals surface area contributed by atoms with E-state index < -0.39 is 12.2 Å². The standard InChI is InChI=1S/C37H75N3O4S2/c1-3-5-7-9-11-13-15-17-19-31-45-33-21-25-35(26-22-34-46-32-20-18-16-14-12-10-8-6-4-2)40(29-23-27-38-36(41)42)30-24-28-39-37(43)44/h35,38-39H,3-34H2,1-2H3,(H,41,42)(H,43,44). The number of nitrogens with zero attached hydrogens (tertiary/aromatic N) is 1. The van der Waals surface area contributed by atoms with Crippen molar-refractivity contribution in [1.29, 1.82) is 0 Å². The summed E-state index contributed by atoms with van der Waals surface area (Å²) in [5.74, 6) is 4.94. The molecule has 0 spiro atoms. The second kappa shape index (κ2) is 37.0. The molecule has 0 fully saturated rings. The van der Waals surface area contributed by atoms with E-state index in [0.29, 0.717) is 19.1 Å². The van der Waals surface area contributed by atoms with Crippen LogP contribution in [-0.4, -0.2) is 82.5 Å². The lowest BCUT2D eigenvalue weighted by atomic mass is 10.0. The van der Waals surface area contributed by atoms with Gasteiger partial charge in [0.25, 0.3) is 0 Å². The maximum Gasteiger partial charge on any atom is 0.404 e. The predicted molar refractivity (Wildman–Crippen MR) is 204 cm³/mol. The van der Waals surface area contributed by atoms with Gasteiger partial charge in [-0.2, -0.15) is 23.5 Å². The van der Waals surface area contributed by atoms with E-state index in [-0.39, 0.29) is 0 Å². The Morgan fingerprint density at radius 1 is 0.500 bits per heavy atom. The van der Waals surface area contributed by atoms with Gasteiger partial charge in [0.2, 0.25) is 0 Å². The Morgan fingerprint density at radius 3 is 1.17 bits per heavy atom. The van der Waals surface area contributed by atoms with Crippen molar-refractivity contribution in [3.63, 3.8) is 0 Å². The molecule has 0 aromatic rings. The predicted octanol–water partition coefficient (Wildman–Crippen LogP) is 11.1. The molecule has 0 aromatic carbocycles. The Labute approximate surface area is 293 Å². The summed E-state index contributed by atoms with van der Waals surface area (Å²) in [7, 11) is 0. The van der Waals surface area contributed by atoms with Crippen LogP contribution < -0.4 is 10.6 Å². The minimum absolute atomic E-state index is 0.453. The normalized spacial score (nSPS) is 11.5. The van der Waals surface area contributed by atoms with Crippen LogP contribution >= 0.6 is 23.5 Å². The van der Waals surface area contributed by atoms with Gasteiger partial charge >= 0.3 is 12.2 Å². The summed E-state index contributed by atoms with van der Waals surface area (Å²) in [6.45, 7) is 7.15. The summed E-state index contributed by atoms with van der Waals surface area (Å²) < 4.78 is 0. The molecular formula is C37H75N3O4S2. The molecule has 0 unspecified atom stereocenters. The van der Waals surface area contributed by atoms with Gasteiger partial charge in [-0.1, -0.05) is 117 Å². The van der Waals surface area contributed by atoms with E-state index in [1.165, 1.54) is 151 Å². The smallest absolute Gasteiger partial charge is 0.404 e. The second-order valence-electron chi connectivity index (χ2n) is 13.0. The van der Waals surface area contributed by atoms with Crippen LogP contribution in [0.2, 0.25) is 0 Å². The van der Waals surface area contributed by atoms with Crippen LogP contribution in [0.25, 0.3) is 0 Å². The van der Waals surface area contributed by atoms with Gasteiger partial charge in [-0.25, -0.2) is 9.59 Å². The van der Waals surface area contributed by atoms with E-state index in [4.69, 9.17) is 10.2 Å². The summed E-state index contributed by atoms with van der Waals surface area (Å²) >= 11 is 4.21. The molecule has 0 aliphatic heterocycles. The molecule has 9 heteroatoms. The van der Waals surface area contributed by atoms with Crippen molar-refractivity contribution in [3.8, 4) is 0 Å². The minimum Gasteiger partial charge on any atom is -0.465 e. The highest BCUT2D eigenvalue weighted by molar-refractivity contribution is 7.99. The van der Waals surface area contributed by atoms with Crippen molar-refractivity contribution >= 4 is 35.7 Å². The molecule has 0 aliphatic rings. The molecule has 0 rings (SSSR count). The summed E-state index contributed by atoms with van der Waals surface area (Å²) in [4.78, 5) is 24.4. The van der Waals surface area contributed by atoms with Gasteiger partial charge in [0, 0.05) is 32.2 Å². The lowest BCUT2D eigenvalue weighted by Crippen LogP contribution is -2.39. The van der Waals surface area contributed by atoms with Crippen molar-refractivity contribution in [2.75, 3.05) is 49.2 Å². The molecule has 0 atom stereocenters. The van der Waals surface area contributed by atoms with Gasteiger partial charge in [0.05, 0.1) is 0 Å². The van der Waals surface area contributed by atoms with Crippen LogP contribution in [-0.2, 0) is 0 Å². The number of nitrogens with one attached hydrogen (secondary N) is 2. The van der Waals surface area contributed by atoms with Gasteiger partial charge < -0.3 is 25.7 Å². The molecule has 4 N–H and O–H groups in total. The van der Waals surface area contributed by atoms with Crippen molar-refractivity contribution < 1.29 is 19.8 Å². The number of carbonyl (C=O) groups is 2. The van der Waals surface area contributed by atoms with Crippen molar-refractivity contribution in [2.24, 2.45) is 0 Å². The average molecular weight is 690 g/mol. The molecule has 0 saturated carbocycles. The van der Waals surface area contributed by atoms with Crippen molar-refractivity contribution in [3.05, 3.63) is 0 Å². The zero-order valence-corrected chi connectivity index (χ0v) is 31.8. The molecule has 0 aliphatic carbocycles. The molecule has 0 radical (unpaired) electrons. The molecule has 0 bridgehead atoms. The highest BCUT2D eigenvalue weighted by atomic mass is 32.2. The first-order valence-corrected chi connectivity index (χ1v) is 21.6. The van der Waals surface area contributed by atoms with E-state index in [9.17, 15) is 9.59 Å². The van der Waals surface area contributed by atoms with E-state index in [1.807, 2.05) is 0 Å². The van der Waals surface area contributed by atoms with Gasteiger partial charge in [-0.05, 0) is 74.4 Å². The minimum atomic E-state index is -0.971. The number of amides is 2. The molecule has 46 heavy (non-hydrogen) atoms. The third-order valence-corrected chi connectivity index (χ3v) is 11.1. The SMILES string of the molecule is CCCCCCCCCCCSCCCC(CCCSCCCCCCCCCCC)N(CCCNC(=O)O)CCCNC(=O)O. The quantitative estimate of drug-likeness (QED) is 0.0481. The van der Waals surface area contributed by atoms with E-state index in [0.717, 1.165) is 38.8 Å². The monoisotopic (exact) mass is 690 g/mol. The third-order valence-electron chi connectivity index (χ3n) is 8.75. The first-order chi connectivity index (χ1) is 22.5. The Morgan fingerprint density at radius 2 is 0.826 bits per heavy atom. The number of carboxylic acid groups (broad SMARTS) is 2. The van der Waals surface area contributed by atoms with Crippen LogP contribution in [0.4, 0.5) is 9.59 Å². The Bertz CT molecular complexity index is 608. The van der Waals surface area contributed by atoms with Crippen LogP contribution in [0, 0.1) is 0 Å². The first kappa shape index (κ1) is 45.2. The fourth-order valence-corrected chi connectivity index (χ4v) is 7.98. The topological polar surface area (TPSA) is 102 Å². The van der Waals surface area contributed by atoms with Crippen molar-refractivity contribution in [2.45, 2.75) is 174 Å². The van der Waals surface area contributed by atoms with E-state index >= 15 is 0 Å². The fraction of sp³-hybridized carbons (Fsp3) is 0.946. The highest BCUT2D eigenvalue weighted by Gasteiger charge is 2.18. The maximum atomic E-state index is 11.0. The summed E-state index contributed by atoms with van der Waals surface area (Å²) in [5.41, 5.74) is 0. The lowest BCUT2D eigenvalue weighted by molar-refractivity contribution is 0.166. The maximum absolute atomic E-state index is 11.0. The van der Waals surface area contributed by atoms with Crippen LogP contribution in [0.3, 0.4) is 0 Å². The van der Waals surface area contributed by atoms with Gasteiger partial charge in [0.15, 0.2) is 0 Å². The Balaban J connectivity index is 4.53. The number of hydrogen-bond donors (Lipinski definition) is 4. The van der Waals surface area contributed by atoms with Gasteiger partial charge in [0.1, 0.15) is 0 Å². The molecule has 7 nitrogen and oxygen atoms in total. The highest BCUT2D eigenvalue weighted by Crippen LogP contribution is 2.20. The zero-order chi connectivity index (χ0) is 33.8. The van der Waals surface area contributed by atoms with Gasteiger partial charge in [-0.3, -0.25) is 0 Å². The van der Waals surface area contributed by atoms with Crippen LogP contribution in [0.1, 0.15) is 168 Å². The first-order valence-electron chi connectivity index (χ1n) is 19.3. The third kappa shape index (κ3) is 34.5. The van der Waals surface area contributed by atoms with Crippen molar-refractivity contribution in [1.82, 2.24) is 15.5 Å². The Hall–Kier alpha value is -0.800. The molecular weight excluding hydrogens is 615 g/mol. The van der Waals surface area contributed by atoms with Crippen LogP contribution in [0.5, 0.6) is 0 Å². The zero-order valence-electron chi connectivity index (χ0n) is 30.2.